The van der Waals surface area contributed by atoms with Gasteiger partial charge in [-0.05, 0) is 31.5 Å². The highest BCUT2D eigenvalue weighted by molar-refractivity contribution is 7.80. The number of rotatable bonds is 5. The second kappa shape index (κ2) is 7.17. The normalized spacial score (nSPS) is 17.4. The lowest BCUT2D eigenvalue weighted by Gasteiger charge is -2.25. The first kappa shape index (κ1) is 16.2. The number of esters is 1. The zero-order chi connectivity index (χ0) is 16.1. The molecule has 0 radical (unpaired) electrons. The van der Waals surface area contributed by atoms with E-state index >= 15 is 0 Å². The van der Waals surface area contributed by atoms with Crippen LogP contribution in [0.3, 0.4) is 0 Å². The van der Waals surface area contributed by atoms with Gasteiger partial charge < -0.3 is 14.8 Å². The Morgan fingerprint density at radius 1 is 1.50 bits per heavy atom. The average Bonchev–Trinajstić information content (AvgIpc) is 2.54. The summed E-state index contributed by atoms with van der Waals surface area (Å²) in [6, 6.07) is 6.99. The molecule has 1 aliphatic heterocycles. The van der Waals surface area contributed by atoms with Gasteiger partial charge in [0, 0.05) is 11.1 Å². The number of nitrogens with zero attached hydrogens (tertiary/aromatic N) is 1. The molecule has 1 heterocycles. The molecule has 5 nitrogen and oxygen atoms in total. The van der Waals surface area contributed by atoms with Crippen LogP contribution in [0.1, 0.15) is 25.5 Å². The van der Waals surface area contributed by atoms with Crippen LogP contribution in [-0.2, 0) is 9.53 Å². The number of amidine groups is 1. The highest BCUT2D eigenvalue weighted by atomic mass is 32.1. The molecule has 0 aromatic heterocycles. The average molecular weight is 318 g/mol. The van der Waals surface area contributed by atoms with E-state index in [0.717, 1.165) is 5.56 Å². The van der Waals surface area contributed by atoms with Crippen LogP contribution < -0.4 is 10.1 Å². The summed E-state index contributed by atoms with van der Waals surface area (Å²) in [7, 11) is 1.60. The van der Waals surface area contributed by atoms with E-state index in [4.69, 9.17) is 21.7 Å². The lowest BCUT2D eigenvalue weighted by Crippen LogP contribution is -2.32. The molecule has 0 bridgehead atoms. The molecule has 1 aromatic carbocycles. The number of hydrogen-bond donors (Lipinski definition) is 1. The van der Waals surface area contributed by atoms with Crippen LogP contribution in [0.5, 0.6) is 5.75 Å². The lowest BCUT2D eigenvalue weighted by atomic mass is 9.96. The number of benzene rings is 1. The predicted molar refractivity (Wildman–Crippen MR) is 89.3 cm³/mol. The summed E-state index contributed by atoms with van der Waals surface area (Å²) in [4.78, 5) is 16.8. The van der Waals surface area contributed by atoms with Crippen LogP contribution >= 0.6 is 12.2 Å². The van der Waals surface area contributed by atoms with Gasteiger partial charge in [-0.1, -0.05) is 24.4 Å². The van der Waals surface area contributed by atoms with Gasteiger partial charge in [0.05, 0.1) is 19.3 Å². The topological polar surface area (TPSA) is 59.9 Å². The van der Waals surface area contributed by atoms with Crippen molar-refractivity contribution in [1.82, 2.24) is 5.32 Å². The molecule has 0 aliphatic carbocycles. The molecule has 1 atom stereocenters. The third kappa shape index (κ3) is 3.33. The van der Waals surface area contributed by atoms with E-state index in [2.05, 4.69) is 10.3 Å². The quantitative estimate of drug-likeness (QED) is 0.668. The Kier molecular flexibility index (Phi) is 5.27. The zero-order valence-electron chi connectivity index (χ0n) is 12.8. The number of hydrogen-bond acceptors (Lipinski definition) is 6. The van der Waals surface area contributed by atoms with Gasteiger partial charge >= 0.3 is 5.97 Å². The number of thiocarbonyl (C=S) groups is 1. The molecule has 116 valence electrons. The minimum absolute atomic E-state index is 0.310. The Morgan fingerprint density at radius 2 is 2.27 bits per heavy atom. The minimum Gasteiger partial charge on any atom is -0.497 e. The molecule has 0 spiro atoms. The second-order valence-corrected chi connectivity index (χ2v) is 4.93. The standard InChI is InChI=1S/C16H18N2O3S/c1-4-21-16(19)14-10(2)17-13(9-22)18-15(14)11-6-5-7-12(8-11)20-3/h5-9,15H,4H2,1-3H3,(H,17,18). The third-order valence-electron chi connectivity index (χ3n) is 3.28. The highest BCUT2D eigenvalue weighted by Crippen LogP contribution is 2.32. The van der Waals surface area contributed by atoms with Crippen molar-refractivity contribution in [2.75, 3.05) is 13.7 Å². The van der Waals surface area contributed by atoms with Gasteiger partial charge in [-0.2, -0.15) is 0 Å². The Hall–Kier alpha value is -2.21. The molecular weight excluding hydrogens is 300 g/mol. The Labute approximate surface area is 135 Å². The van der Waals surface area contributed by atoms with Gasteiger partial charge in [-0.15, -0.1) is 0 Å². The van der Waals surface area contributed by atoms with Crippen LogP contribution in [0.4, 0.5) is 0 Å². The molecule has 22 heavy (non-hydrogen) atoms. The van der Waals surface area contributed by atoms with E-state index in [1.807, 2.05) is 31.2 Å². The van der Waals surface area contributed by atoms with Gasteiger partial charge in [-0.25, -0.2) is 4.79 Å². The summed E-state index contributed by atoms with van der Waals surface area (Å²) >= 11 is 4.95. The van der Waals surface area contributed by atoms with Crippen molar-refractivity contribution in [2.45, 2.75) is 19.9 Å². The van der Waals surface area contributed by atoms with E-state index in [-0.39, 0.29) is 5.97 Å². The summed E-state index contributed by atoms with van der Waals surface area (Å²) in [6.07, 6.45) is 0. The van der Waals surface area contributed by atoms with Crippen molar-refractivity contribution in [3.05, 3.63) is 41.1 Å². The van der Waals surface area contributed by atoms with Crippen LogP contribution in [0, 0.1) is 0 Å². The van der Waals surface area contributed by atoms with Crippen molar-refractivity contribution < 1.29 is 14.3 Å². The van der Waals surface area contributed by atoms with Crippen molar-refractivity contribution in [2.24, 2.45) is 4.99 Å². The number of ether oxygens (including phenoxy) is 2. The van der Waals surface area contributed by atoms with Gasteiger partial charge in [-0.3, -0.25) is 4.99 Å². The molecule has 1 aliphatic rings. The Morgan fingerprint density at radius 3 is 2.91 bits per heavy atom. The summed E-state index contributed by atoms with van der Waals surface area (Å²) < 4.78 is 10.4. The smallest absolute Gasteiger partial charge is 0.338 e. The fourth-order valence-corrected chi connectivity index (χ4v) is 2.41. The molecule has 1 unspecified atom stereocenters. The maximum Gasteiger partial charge on any atom is 0.338 e. The molecular formula is C16H18N2O3S. The van der Waals surface area contributed by atoms with Crippen LogP contribution in [0.25, 0.3) is 0 Å². The fraction of sp³-hybridized carbons (Fsp3) is 0.312. The maximum absolute atomic E-state index is 12.3. The first-order valence-corrected chi connectivity index (χ1v) is 7.39. The maximum atomic E-state index is 12.3. The number of carbonyl (C=O) groups is 1. The number of nitrogens with one attached hydrogen (secondary N) is 1. The number of aliphatic imine (C=N–C) groups is 1. The molecule has 0 saturated heterocycles. The molecule has 0 saturated carbocycles. The molecule has 2 rings (SSSR count). The SMILES string of the molecule is CCOC(=O)C1=C(C)NC(C=S)=NC1c1cccc(OC)c1. The van der Waals surface area contributed by atoms with E-state index in [0.29, 0.717) is 29.5 Å². The van der Waals surface area contributed by atoms with E-state index in [1.54, 1.807) is 14.0 Å². The molecule has 1 N–H and O–H groups in total. The van der Waals surface area contributed by atoms with Crippen LogP contribution in [0.2, 0.25) is 0 Å². The van der Waals surface area contributed by atoms with Crippen LogP contribution in [-0.4, -0.2) is 30.9 Å². The summed E-state index contributed by atoms with van der Waals surface area (Å²) in [5, 5.41) is 4.48. The fourth-order valence-electron chi connectivity index (χ4n) is 2.29. The van der Waals surface area contributed by atoms with Crippen molar-refractivity contribution >= 4 is 29.4 Å². The highest BCUT2D eigenvalue weighted by Gasteiger charge is 2.29. The van der Waals surface area contributed by atoms with Gasteiger partial charge in [0.15, 0.2) is 0 Å². The first-order valence-electron chi connectivity index (χ1n) is 6.92. The lowest BCUT2D eigenvalue weighted by molar-refractivity contribution is -0.138. The van der Waals surface area contributed by atoms with Crippen molar-refractivity contribution in [1.29, 1.82) is 0 Å². The Balaban J connectivity index is 2.49. The first-order chi connectivity index (χ1) is 10.6. The Bertz CT molecular complexity index is 653. The largest absolute Gasteiger partial charge is 0.497 e. The molecule has 6 heteroatoms. The van der Waals surface area contributed by atoms with Crippen molar-refractivity contribution in [3.8, 4) is 5.75 Å². The molecule has 0 fully saturated rings. The number of methoxy groups -OCH3 is 1. The number of carbonyl (C=O) groups excluding carboxylic acids is 1. The summed E-state index contributed by atoms with van der Waals surface area (Å²) in [5.41, 5.74) is 2.02. The monoisotopic (exact) mass is 318 g/mol. The van der Waals surface area contributed by atoms with E-state index in [1.165, 1.54) is 5.37 Å². The number of allylic oxidation sites excluding steroid dienone is 1. The molecule has 0 amide bonds. The van der Waals surface area contributed by atoms with E-state index < -0.39 is 6.04 Å². The summed E-state index contributed by atoms with van der Waals surface area (Å²) in [6.45, 7) is 3.90. The summed E-state index contributed by atoms with van der Waals surface area (Å²) in [5.74, 6) is 0.872. The van der Waals surface area contributed by atoms with Gasteiger partial charge in [0.2, 0.25) is 0 Å². The van der Waals surface area contributed by atoms with E-state index in [9.17, 15) is 4.79 Å². The second-order valence-electron chi connectivity index (χ2n) is 4.70. The molecule has 1 aromatic rings. The van der Waals surface area contributed by atoms with Crippen LogP contribution in [0.15, 0.2) is 40.5 Å². The third-order valence-corrected chi connectivity index (χ3v) is 3.50. The minimum atomic E-state index is -0.468. The zero-order valence-corrected chi connectivity index (χ0v) is 13.6. The van der Waals surface area contributed by atoms with Gasteiger partial charge in [0.25, 0.3) is 0 Å². The predicted octanol–water partition coefficient (Wildman–Crippen LogP) is 2.57. The van der Waals surface area contributed by atoms with Gasteiger partial charge in [0.1, 0.15) is 17.6 Å². The van der Waals surface area contributed by atoms with Crippen molar-refractivity contribution in [3.63, 3.8) is 0 Å².